The summed E-state index contributed by atoms with van der Waals surface area (Å²) < 4.78 is 34.0. The van der Waals surface area contributed by atoms with Crippen molar-refractivity contribution in [3.63, 3.8) is 0 Å². The number of hydrogen-bond acceptors (Lipinski definition) is 5. The minimum atomic E-state index is -4.36. The summed E-state index contributed by atoms with van der Waals surface area (Å²) in [5, 5.41) is 18.3. The highest BCUT2D eigenvalue weighted by Crippen LogP contribution is 2.29. The monoisotopic (exact) mass is 475 g/mol. The molecule has 3 aromatic rings. The molecule has 0 radical (unpaired) electrons. The second kappa shape index (κ2) is 9.82. The van der Waals surface area contributed by atoms with Gasteiger partial charge >= 0.3 is 11.9 Å². The van der Waals surface area contributed by atoms with Crippen LogP contribution in [0.25, 0.3) is 0 Å². The Hall–Kier alpha value is -3.40. The largest absolute Gasteiger partial charge is 0.481 e. The molecule has 3 N–H and O–H groups in total. The molecule has 10 heteroatoms. The second-order valence-corrected chi connectivity index (χ2v) is 8.80. The van der Waals surface area contributed by atoms with Crippen LogP contribution in [-0.2, 0) is 14.8 Å². The van der Waals surface area contributed by atoms with E-state index in [4.69, 9.17) is 21.4 Å². The van der Waals surface area contributed by atoms with E-state index in [9.17, 15) is 23.1 Å². The molecule has 0 unspecified atom stereocenters. The number of carbonyl (C=O) groups is 2. The highest BCUT2D eigenvalue weighted by Gasteiger charge is 2.26. The van der Waals surface area contributed by atoms with Gasteiger partial charge in [-0.05, 0) is 48.0 Å². The molecule has 0 aliphatic carbocycles. The lowest BCUT2D eigenvalue weighted by atomic mass is 10.0. The van der Waals surface area contributed by atoms with E-state index in [2.05, 4.69) is 4.72 Å². The Labute approximate surface area is 189 Å². The molecule has 3 rings (SSSR count). The predicted molar refractivity (Wildman–Crippen MR) is 117 cm³/mol. The van der Waals surface area contributed by atoms with E-state index in [0.717, 1.165) is 12.1 Å². The van der Waals surface area contributed by atoms with Crippen molar-refractivity contribution in [3.8, 4) is 11.5 Å². The zero-order chi connectivity index (χ0) is 23.3. The van der Waals surface area contributed by atoms with Gasteiger partial charge in [0.1, 0.15) is 16.4 Å². The summed E-state index contributed by atoms with van der Waals surface area (Å²) in [5.74, 6) is -1.63. The summed E-state index contributed by atoms with van der Waals surface area (Å²) >= 11 is 5.99. The number of carboxylic acids is 2. The van der Waals surface area contributed by atoms with Gasteiger partial charge in [0.2, 0.25) is 10.0 Å². The molecule has 32 heavy (non-hydrogen) atoms. The third-order valence-electron chi connectivity index (χ3n) is 4.38. The van der Waals surface area contributed by atoms with E-state index in [1.54, 1.807) is 42.5 Å². The van der Waals surface area contributed by atoms with Crippen molar-refractivity contribution in [2.45, 2.75) is 17.4 Å². The molecule has 0 aromatic heterocycles. The average Bonchev–Trinajstić information content (AvgIpc) is 2.73. The summed E-state index contributed by atoms with van der Waals surface area (Å²) in [5.41, 5.74) is 0.0673. The molecule has 0 fully saturated rings. The van der Waals surface area contributed by atoms with Crippen LogP contribution in [0.5, 0.6) is 11.5 Å². The molecular weight excluding hydrogens is 458 g/mol. The minimum absolute atomic E-state index is 0.197. The van der Waals surface area contributed by atoms with E-state index in [0.29, 0.717) is 17.1 Å². The zero-order valence-electron chi connectivity index (χ0n) is 16.4. The van der Waals surface area contributed by atoms with Gasteiger partial charge in [0.25, 0.3) is 0 Å². The van der Waals surface area contributed by atoms with E-state index in [1.165, 1.54) is 12.1 Å². The molecule has 1 atom stereocenters. The first kappa shape index (κ1) is 23.3. The first-order valence-corrected chi connectivity index (χ1v) is 11.1. The minimum Gasteiger partial charge on any atom is -0.481 e. The van der Waals surface area contributed by atoms with Crippen molar-refractivity contribution in [1.29, 1.82) is 0 Å². The molecule has 0 amide bonds. The number of aromatic carboxylic acids is 1. The Morgan fingerprint density at radius 3 is 2.28 bits per heavy atom. The van der Waals surface area contributed by atoms with Gasteiger partial charge in [-0.25, -0.2) is 17.9 Å². The van der Waals surface area contributed by atoms with E-state index in [1.807, 2.05) is 6.07 Å². The number of carboxylic acid groups (broad SMARTS) is 2. The summed E-state index contributed by atoms with van der Waals surface area (Å²) in [6, 6.07) is 17.3. The van der Waals surface area contributed by atoms with Crippen LogP contribution in [0.1, 0.15) is 28.4 Å². The molecule has 3 aromatic carbocycles. The molecular formula is C22H18ClNO7S. The molecule has 0 heterocycles. The van der Waals surface area contributed by atoms with E-state index >= 15 is 0 Å². The smallest absolute Gasteiger partial charge is 0.335 e. The van der Waals surface area contributed by atoms with Crippen LogP contribution in [0.3, 0.4) is 0 Å². The Bertz CT molecular complexity index is 1250. The Kier molecular flexibility index (Phi) is 7.14. The highest BCUT2D eigenvalue weighted by atomic mass is 35.5. The van der Waals surface area contributed by atoms with E-state index < -0.39 is 39.3 Å². The molecule has 166 valence electrons. The van der Waals surface area contributed by atoms with Crippen LogP contribution in [0.2, 0.25) is 5.02 Å². The van der Waals surface area contributed by atoms with Gasteiger partial charge < -0.3 is 14.9 Å². The van der Waals surface area contributed by atoms with Gasteiger partial charge in [0.05, 0.1) is 23.0 Å². The number of aliphatic carboxylic acids is 1. The molecule has 0 aliphatic heterocycles. The van der Waals surface area contributed by atoms with Crippen molar-refractivity contribution in [2.24, 2.45) is 0 Å². The van der Waals surface area contributed by atoms with Gasteiger partial charge in [0, 0.05) is 0 Å². The fourth-order valence-electron chi connectivity index (χ4n) is 2.91. The van der Waals surface area contributed by atoms with Crippen molar-refractivity contribution >= 4 is 33.6 Å². The zero-order valence-corrected chi connectivity index (χ0v) is 18.0. The lowest BCUT2D eigenvalue weighted by Crippen LogP contribution is -2.30. The van der Waals surface area contributed by atoms with Gasteiger partial charge in [-0.15, -0.1) is 0 Å². The molecule has 8 nitrogen and oxygen atoms in total. The molecule has 0 saturated heterocycles. The van der Waals surface area contributed by atoms with Gasteiger partial charge in [-0.1, -0.05) is 41.9 Å². The van der Waals surface area contributed by atoms with Gasteiger partial charge in [-0.2, -0.15) is 0 Å². The number of rotatable bonds is 9. The number of benzene rings is 3. The maximum atomic E-state index is 13.0. The number of sulfonamides is 1. The first-order valence-electron chi connectivity index (χ1n) is 9.25. The Morgan fingerprint density at radius 2 is 1.62 bits per heavy atom. The van der Waals surface area contributed by atoms with Crippen LogP contribution < -0.4 is 9.46 Å². The summed E-state index contributed by atoms with van der Waals surface area (Å²) in [4.78, 5) is 22.2. The normalized spacial score (nSPS) is 12.2. The lowest BCUT2D eigenvalue weighted by Gasteiger charge is -2.19. The van der Waals surface area contributed by atoms with Gasteiger partial charge in [-0.3, -0.25) is 4.79 Å². The summed E-state index contributed by atoms with van der Waals surface area (Å²) in [6.45, 7) is 0. The average molecular weight is 476 g/mol. The fourth-order valence-corrected chi connectivity index (χ4v) is 4.66. The Morgan fingerprint density at radius 1 is 0.938 bits per heavy atom. The fraction of sp³-hybridized carbons (Fsp3) is 0.0909. The number of hydrogen-bond donors (Lipinski definition) is 3. The first-order chi connectivity index (χ1) is 15.2. The maximum absolute atomic E-state index is 13.0. The molecule has 0 spiro atoms. The maximum Gasteiger partial charge on any atom is 0.335 e. The van der Waals surface area contributed by atoms with Gasteiger partial charge in [0.15, 0.2) is 0 Å². The van der Waals surface area contributed by atoms with Crippen LogP contribution in [0.15, 0.2) is 77.7 Å². The standard InChI is InChI=1S/C22H18ClNO7S/c23-18-10-9-15(22(27)28)12-20(18)32(29,30)24-19(13-21(25)26)14-5-4-8-17(11-14)31-16-6-2-1-3-7-16/h1-12,19,24H,13H2,(H,25,26)(H,27,28)/t19-/m1/s1. The van der Waals surface area contributed by atoms with Crippen LogP contribution in [0, 0.1) is 0 Å². The van der Waals surface area contributed by atoms with Crippen molar-refractivity contribution in [1.82, 2.24) is 4.72 Å². The topological polar surface area (TPSA) is 130 Å². The predicted octanol–water partition coefficient (Wildman–Crippen LogP) is 4.32. The van der Waals surface area contributed by atoms with Crippen LogP contribution >= 0.6 is 11.6 Å². The van der Waals surface area contributed by atoms with Crippen LogP contribution in [0.4, 0.5) is 0 Å². The van der Waals surface area contributed by atoms with Crippen molar-refractivity contribution < 1.29 is 33.0 Å². The van der Waals surface area contributed by atoms with Crippen molar-refractivity contribution in [3.05, 3.63) is 88.9 Å². The number of nitrogens with one attached hydrogen (secondary N) is 1. The quantitative estimate of drug-likeness (QED) is 0.420. The summed E-state index contributed by atoms with van der Waals surface area (Å²) in [7, 11) is -4.36. The Balaban J connectivity index is 1.94. The molecule has 0 saturated carbocycles. The SMILES string of the molecule is O=C(O)C[C@@H](NS(=O)(=O)c1cc(C(=O)O)ccc1Cl)c1cccc(Oc2ccccc2)c1. The number of para-hydroxylation sites is 1. The number of ether oxygens (including phenoxy) is 1. The highest BCUT2D eigenvalue weighted by molar-refractivity contribution is 7.89. The summed E-state index contributed by atoms with van der Waals surface area (Å²) in [6.07, 6.45) is -0.565. The molecule has 0 bridgehead atoms. The third kappa shape index (κ3) is 5.85. The lowest BCUT2D eigenvalue weighted by molar-refractivity contribution is -0.137. The van der Waals surface area contributed by atoms with E-state index in [-0.39, 0.29) is 10.6 Å². The van der Waals surface area contributed by atoms with Crippen LogP contribution in [-0.4, -0.2) is 30.6 Å². The third-order valence-corrected chi connectivity index (χ3v) is 6.34. The molecule has 0 aliphatic rings. The van der Waals surface area contributed by atoms with Crippen molar-refractivity contribution in [2.75, 3.05) is 0 Å². The second-order valence-electron chi connectivity index (χ2n) is 6.71. The number of halogens is 1.